The summed E-state index contributed by atoms with van der Waals surface area (Å²) in [6.07, 6.45) is -1.17. The molecule has 1 aliphatic carbocycles. The van der Waals surface area contributed by atoms with E-state index in [1.165, 1.54) is 23.3 Å². The molecule has 0 fully saturated rings. The van der Waals surface area contributed by atoms with Crippen molar-refractivity contribution in [3.05, 3.63) is 70.8 Å². The molecule has 3 rings (SSSR count). The summed E-state index contributed by atoms with van der Waals surface area (Å²) in [4.78, 5) is 0. The van der Waals surface area contributed by atoms with Gasteiger partial charge >= 0.3 is 6.18 Å². The molecule has 6 heteroatoms. The molecule has 2 aromatic rings. The summed E-state index contributed by atoms with van der Waals surface area (Å²) in [6.45, 7) is 1.22. The lowest BCUT2D eigenvalue weighted by Gasteiger charge is -2.26. The van der Waals surface area contributed by atoms with Gasteiger partial charge in [0.1, 0.15) is 0 Å². The van der Waals surface area contributed by atoms with E-state index in [-0.39, 0.29) is 12.7 Å². The highest BCUT2D eigenvalue weighted by Crippen LogP contribution is 2.32. The minimum Gasteiger partial charge on any atom is -0.389 e. The Morgan fingerprint density at radius 2 is 1.86 bits per heavy atom. The fourth-order valence-corrected chi connectivity index (χ4v) is 3.53. The van der Waals surface area contributed by atoms with Gasteiger partial charge in [-0.05, 0) is 61.1 Å². The smallest absolute Gasteiger partial charge is 0.389 e. The predicted molar refractivity (Wildman–Crippen MR) is 102 cm³/mol. The largest absolute Gasteiger partial charge is 0.416 e. The van der Waals surface area contributed by atoms with Crippen LogP contribution in [0.15, 0.2) is 48.5 Å². The second-order valence-corrected chi connectivity index (χ2v) is 7.22. The third-order valence-electron chi connectivity index (χ3n) is 5.06. The van der Waals surface area contributed by atoms with Crippen LogP contribution in [0.25, 0.3) is 0 Å². The van der Waals surface area contributed by atoms with Crippen LogP contribution < -0.4 is 5.32 Å². The van der Waals surface area contributed by atoms with Crippen LogP contribution in [0, 0.1) is 0 Å². The first kappa shape index (κ1) is 20.8. The van der Waals surface area contributed by atoms with Crippen molar-refractivity contribution < 1.29 is 23.0 Å². The zero-order valence-corrected chi connectivity index (χ0v) is 15.7. The van der Waals surface area contributed by atoms with Gasteiger partial charge in [0.15, 0.2) is 0 Å². The first-order valence-corrected chi connectivity index (χ1v) is 9.68. The third-order valence-corrected chi connectivity index (χ3v) is 5.06. The van der Waals surface area contributed by atoms with Gasteiger partial charge in [0.05, 0.1) is 24.4 Å². The molecule has 0 aromatic heterocycles. The number of aliphatic hydroxyl groups excluding tert-OH is 1. The summed E-state index contributed by atoms with van der Waals surface area (Å²) >= 11 is 0. The van der Waals surface area contributed by atoms with Crippen molar-refractivity contribution in [1.82, 2.24) is 5.32 Å². The zero-order valence-electron chi connectivity index (χ0n) is 15.7. The molecular formula is C22H26F3NO2. The molecule has 1 aliphatic rings. The van der Waals surface area contributed by atoms with Crippen molar-refractivity contribution >= 4 is 0 Å². The van der Waals surface area contributed by atoms with Gasteiger partial charge in [-0.3, -0.25) is 0 Å². The molecule has 0 heterocycles. The molecule has 2 atom stereocenters. The maximum absolute atomic E-state index is 12.6. The van der Waals surface area contributed by atoms with Gasteiger partial charge in [0, 0.05) is 6.54 Å². The second kappa shape index (κ2) is 9.54. The van der Waals surface area contributed by atoms with Crippen LogP contribution >= 0.6 is 0 Å². The van der Waals surface area contributed by atoms with Crippen molar-refractivity contribution in [2.24, 2.45) is 0 Å². The van der Waals surface area contributed by atoms with Crippen molar-refractivity contribution in [2.75, 3.05) is 19.7 Å². The number of alkyl halides is 3. The van der Waals surface area contributed by atoms with E-state index in [0.29, 0.717) is 19.5 Å². The fourth-order valence-electron chi connectivity index (χ4n) is 3.53. The molecule has 0 spiro atoms. The number of fused-ring (bicyclic) bond motifs is 1. The van der Waals surface area contributed by atoms with Crippen LogP contribution in [0.2, 0.25) is 0 Å². The SMILES string of the molecule is O[C@@H](CNCCc1ccc(C(F)(F)F)cc1)CO[C@H]1CCCc2ccccc21. The minimum atomic E-state index is -4.31. The molecule has 0 radical (unpaired) electrons. The molecule has 152 valence electrons. The number of ether oxygens (including phenoxy) is 1. The van der Waals surface area contributed by atoms with E-state index in [1.54, 1.807) is 0 Å². The highest BCUT2D eigenvalue weighted by Gasteiger charge is 2.29. The highest BCUT2D eigenvalue weighted by molar-refractivity contribution is 5.31. The number of nitrogens with one attached hydrogen (secondary N) is 1. The molecule has 0 unspecified atom stereocenters. The van der Waals surface area contributed by atoms with Crippen LogP contribution in [-0.4, -0.2) is 30.9 Å². The Balaban J connectivity index is 1.36. The van der Waals surface area contributed by atoms with Gasteiger partial charge in [0.25, 0.3) is 0 Å². The lowest BCUT2D eigenvalue weighted by Crippen LogP contribution is -2.32. The third kappa shape index (κ3) is 5.80. The van der Waals surface area contributed by atoms with Crippen molar-refractivity contribution in [2.45, 2.75) is 44.1 Å². The number of hydrogen-bond donors (Lipinski definition) is 2. The van der Waals surface area contributed by atoms with E-state index in [1.807, 2.05) is 12.1 Å². The van der Waals surface area contributed by atoms with Gasteiger partial charge in [0.2, 0.25) is 0 Å². The zero-order chi connectivity index (χ0) is 20.0. The first-order chi connectivity index (χ1) is 13.4. The maximum atomic E-state index is 12.6. The fraction of sp³-hybridized carbons (Fsp3) is 0.455. The molecule has 0 amide bonds. The minimum absolute atomic E-state index is 0.0340. The van der Waals surface area contributed by atoms with Crippen molar-refractivity contribution in [1.29, 1.82) is 0 Å². The average Bonchev–Trinajstić information content (AvgIpc) is 2.69. The van der Waals surface area contributed by atoms with Crippen LogP contribution in [0.1, 0.15) is 41.2 Å². The Labute approximate surface area is 163 Å². The number of aliphatic hydroxyl groups is 1. The normalized spacial score (nSPS) is 17.9. The van der Waals surface area contributed by atoms with Gasteiger partial charge in [-0.2, -0.15) is 13.2 Å². The number of benzene rings is 2. The Morgan fingerprint density at radius 1 is 1.11 bits per heavy atom. The number of aryl methyl sites for hydroxylation is 1. The number of hydrogen-bond acceptors (Lipinski definition) is 3. The van der Waals surface area contributed by atoms with Gasteiger partial charge in [-0.1, -0.05) is 36.4 Å². The van der Waals surface area contributed by atoms with Gasteiger partial charge < -0.3 is 15.2 Å². The predicted octanol–water partition coefficient (Wildman–Crippen LogP) is 4.29. The monoisotopic (exact) mass is 393 g/mol. The van der Waals surface area contributed by atoms with Crippen molar-refractivity contribution in [3.63, 3.8) is 0 Å². The molecule has 2 N–H and O–H groups in total. The molecule has 0 aliphatic heterocycles. The summed E-state index contributed by atoms with van der Waals surface area (Å²) in [5.74, 6) is 0. The molecule has 2 aromatic carbocycles. The summed E-state index contributed by atoms with van der Waals surface area (Å²) in [5, 5.41) is 13.3. The maximum Gasteiger partial charge on any atom is 0.416 e. The lowest BCUT2D eigenvalue weighted by atomic mass is 9.89. The molecule has 0 bridgehead atoms. The molecule has 28 heavy (non-hydrogen) atoms. The van der Waals surface area contributed by atoms with Gasteiger partial charge in [-0.25, -0.2) is 0 Å². The molecule has 0 saturated heterocycles. The van der Waals surface area contributed by atoms with E-state index in [9.17, 15) is 18.3 Å². The van der Waals surface area contributed by atoms with E-state index in [2.05, 4.69) is 17.4 Å². The first-order valence-electron chi connectivity index (χ1n) is 9.68. The van der Waals surface area contributed by atoms with Crippen LogP contribution in [0.5, 0.6) is 0 Å². The average molecular weight is 393 g/mol. The highest BCUT2D eigenvalue weighted by atomic mass is 19.4. The number of halogens is 3. The van der Waals surface area contributed by atoms with Crippen LogP contribution in [0.4, 0.5) is 13.2 Å². The molecular weight excluding hydrogens is 367 g/mol. The summed E-state index contributed by atoms with van der Waals surface area (Å²) < 4.78 is 43.6. The van der Waals surface area contributed by atoms with E-state index in [4.69, 9.17) is 4.74 Å². The Bertz CT molecular complexity index is 746. The standard InChI is InChI=1S/C22H26F3NO2/c23-22(24,25)18-10-8-16(9-11-18)12-13-26-14-19(27)15-28-21-7-3-5-17-4-1-2-6-20(17)21/h1-2,4,6,8-11,19,21,26-27H,3,5,7,12-15H2/t19-,21-/m0/s1. The van der Waals surface area contributed by atoms with Crippen LogP contribution in [-0.2, 0) is 23.8 Å². The molecule has 0 saturated carbocycles. The number of rotatable bonds is 8. The Morgan fingerprint density at radius 3 is 2.61 bits per heavy atom. The van der Waals surface area contributed by atoms with E-state index >= 15 is 0 Å². The van der Waals surface area contributed by atoms with Crippen molar-refractivity contribution in [3.8, 4) is 0 Å². The topological polar surface area (TPSA) is 41.5 Å². The summed E-state index contributed by atoms with van der Waals surface area (Å²) in [6, 6.07) is 13.4. The second-order valence-electron chi connectivity index (χ2n) is 7.22. The van der Waals surface area contributed by atoms with Gasteiger partial charge in [-0.15, -0.1) is 0 Å². The molecule has 3 nitrogen and oxygen atoms in total. The lowest BCUT2D eigenvalue weighted by molar-refractivity contribution is -0.137. The van der Waals surface area contributed by atoms with E-state index < -0.39 is 17.8 Å². The van der Waals surface area contributed by atoms with Crippen LogP contribution in [0.3, 0.4) is 0 Å². The van der Waals surface area contributed by atoms with E-state index in [0.717, 1.165) is 37.0 Å². The summed E-state index contributed by atoms with van der Waals surface area (Å²) in [5.41, 5.74) is 2.73. The Kier molecular flexibility index (Phi) is 7.10. The summed E-state index contributed by atoms with van der Waals surface area (Å²) in [7, 11) is 0. The Hall–Kier alpha value is -1.89. The quantitative estimate of drug-likeness (QED) is 0.658.